The Hall–Kier alpha value is -4.06. The van der Waals surface area contributed by atoms with Crippen LogP contribution in [0.15, 0.2) is 72.9 Å². The number of hydrogen-bond donors (Lipinski definition) is 2. The van der Waals surface area contributed by atoms with Crippen LogP contribution in [0.5, 0.6) is 0 Å². The number of hydrogen-bond acceptors (Lipinski definition) is 4. The molecule has 0 spiro atoms. The highest BCUT2D eigenvalue weighted by atomic mass is 16.2. The predicted octanol–water partition coefficient (Wildman–Crippen LogP) is 4.44. The van der Waals surface area contributed by atoms with Crippen molar-refractivity contribution in [1.29, 1.82) is 0 Å². The first-order valence-electron chi connectivity index (χ1n) is 11.5. The maximum absolute atomic E-state index is 12.7. The fraction of sp³-hybridized carbons (Fsp3) is 0.214. The molecule has 1 unspecified atom stereocenters. The van der Waals surface area contributed by atoms with Crippen LogP contribution < -0.4 is 10.6 Å². The number of nitrogens with zero attached hydrogens (tertiary/aromatic N) is 2. The summed E-state index contributed by atoms with van der Waals surface area (Å²) in [7, 11) is 0. The summed E-state index contributed by atoms with van der Waals surface area (Å²) >= 11 is 0. The molecule has 0 saturated heterocycles. The lowest BCUT2D eigenvalue weighted by molar-refractivity contribution is -0.114. The Bertz CT molecular complexity index is 1370. The Labute approximate surface area is 198 Å². The summed E-state index contributed by atoms with van der Waals surface area (Å²) in [5, 5.41) is 6.84. The maximum Gasteiger partial charge on any atom is 0.269 e. The second kappa shape index (κ2) is 9.43. The summed E-state index contributed by atoms with van der Waals surface area (Å²) in [6.07, 6.45) is 4.20. The molecule has 6 heteroatoms. The number of aromatic nitrogens is 2. The number of benzene rings is 2. The van der Waals surface area contributed by atoms with Gasteiger partial charge in [0.1, 0.15) is 11.5 Å². The third-order valence-electron chi connectivity index (χ3n) is 6.29. The average molecular weight is 451 g/mol. The molecule has 5 rings (SSSR count). The van der Waals surface area contributed by atoms with Gasteiger partial charge in [0.15, 0.2) is 0 Å². The fourth-order valence-corrected chi connectivity index (χ4v) is 4.66. The third-order valence-corrected chi connectivity index (χ3v) is 6.29. The van der Waals surface area contributed by atoms with Crippen LogP contribution in [0.4, 0.5) is 5.82 Å². The van der Waals surface area contributed by atoms with Gasteiger partial charge >= 0.3 is 0 Å². The van der Waals surface area contributed by atoms with E-state index in [0.29, 0.717) is 18.1 Å². The maximum atomic E-state index is 12.7. The lowest BCUT2D eigenvalue weighted by atomic mass is 9.96. The van der Waals surface area contributed by atoms with Crippen molar-refractivity contribution in [3.8, 4) is 0 Å². The minimum absolute atomic E-state index is 0.125. The number of anilines is 1. The van der Waals surface area contributed by atoms with E-state index in [-0.39, 0.29) is 17.7 Å². The summed E-state index contributed by atoms with van der Waals surface area (Å²) < 4.78 is 0. The molecule has 2 aromatic heterocycles. The van der Waals surface area contributed by atoms with Gasteiger partial charge in [0.05, 0.1) is 5.52 Å². The smallest absolute Gasteiger partial charge is 0.269 e. The van der Waals surface area contributed by atoms with Crippen molar-refractivity contribution >= 4 is 28.5 Å². The van der Waals surface area contributed by atoms with Crippen LogP contribution in [0.2, 0.25) is 0 Å². The van der Waals surface area contributed by atoms with Gasteiger partial charge in [0, 0.05) is 25.1 Å². The molecule has 0 aliphatic heterocycles. The summed E-state index contributed by atoms with van der Waals surface area (Å²) in [6, 6.07) is 22.1. The minimum Gasteiger partial charge on any atom is -0.350 e. The first kappa shape index (κ1) is 21.8. The lowest BCUT2D eigenvalue weighted by Gasteiger charge is -2.14. The minimum atomic E-state index is -0.161. The van der Waals surface area contributed by atoms with Crippen LogP contribution in [0.1, 0.15) is 45.6 Å². The normalized spacial score (nSPS) is 14.6. The first-order valence-corrected chi connectivity index (χ1v) is 11.5. The van der Waals surface area contributed by atoms with E-state index in [9.17, 15) is 9.59 Å². The molecule has 0 saturated carbocycles. The quantitative estimate of drug-likeness (QED) is 0.455. The zero-order valence-electron chi connectivity index (χ0n) is 19.0. The molecule has 2 N–H and O–H groups in total. The number of amides is 2. The molecule has 1 aliphatic rings. The van der Waals surface area contributed by atoms with Crippen molar-refractivity contribution < 1.29 is 9.59 Å². The van der Waals surface area contributed by atoms with E-state index >= 15 is 0 Å². The second-order valence-electron chi connectivity index (χ2n) is 8.73. The van der Waals surface area contributed by atoms with E-state index in [1.807, 2.05) is 36.4 Å². The zero-order chi connectivity index (χ0) is 23.5. The predicted molar refractivity (Wildman–Crippen MR) is 133 cm³/mol. The Morgan fingerprint density at radius 2 is 1.76 bits per heavy atom. The van der Waals surface area contributed by atoms with Gasteiger partial charge in [-0.25, -0.2) is 9.97 Å². The van der Waals surface area contributed by atoms with Gasteiger partial charge in [-0.2, -0.15) is 0 Å². The highest BCUT2D eigenvalue weighted by Gasteiger charge is 2.26. The van der Waals surface area contributed by atoms with E-state index in [2.05, 4.69) is 44.9 Å². The fourth-order valence-electron chi connectivity index (χ4n) is 4.66. The number of rotatable bonds is 6. The number of fused-ring (bicyclic) bond motifs is 2. The van der Waals surface area contributed by atoms with Crippen LogP contribution in [0.3, 0.4) is 0 Å². The molecule has 6 nitrogen and oxygen atoms in total. The van der Waals surface area contributed by atoms with Crippen LogP contribution in [-0.2, 0) is 24.1 Å². The van der Waals surface area contributed by atoms with Crippen molar-refractivity contribution in [2.24, 2.45) is 0 Å². The topological polar surface area (TPSA) is 84.0 Å². The highest BCUT2D eigenvalue weighted by molar-refractivity contribution is 5.95. The molecule has 34 heavy (non-hydrogen) atoms. The van der Waals surface area contributed by atoms with E-state index in [1.165, 1.54) is 23.6 Å². The number of nitrogens with one attached hydrogen (secondary N) is 2. The molecule has 0 fully saturated rings. The van der Waals surface area contributed by atoms with Crippen molar-refractivity contribution in [1.82, 2.24) is 15.3 Å². The standard InChI is InChI=1S/C28H26N4O2/c1-18(33)31-27-24(8-5-12-29-27)23-15-21-14-20-9-10-25(32-26(20)17-22(21)16-23)28(34)30-13-11-19-6-3-2-4-7-19/h2-10,12,14,17,23H,11,13,15-16H2,1H3,(H,30,34)(H,29,31,33). The molecule has 2 amide bonds. The van der Waals surface area contributed by atoms with Gasteiger partial charge in [-0.15, -0.1) is 0 Å². The molecule has 0 radical (unpaired) electrons. The number of pyridine rings is 2. The summed E-state index contributed by atoms with van der Waals surface area (Å²) in [4.78, 5) is 33.3. The average Bonchev–Trinajstić information content (AvgIpc) is 3.25. The van der Waals surface area contributed by atoms with Crippen LogP contribution in [0, 0.1) is 0 Å². The van der Waals surface area contributed by atoms with Gasteiger partial charge in [-0.1, -0.05) is 42.5 Å². The van der Waals surface area contributed by atoms with Crippen LogP contribution in [-0.4, -0.2) is 28.3 Å². The van der Waals surface area contributed by atoms with Crippen LogP contribution >= 0.6 is 0 Å². The van der Waals surface area contributed by atoms with Crippen molar-refractivity contribution in [2.75, 3.05) is 11.9 Å². The monoisotopic (exact) mass is 450 g/mol. The van der Waals surface area contributed by atoms with Crippen molar-refractivity contribution in [3.05, 3.63) is 101 Å². The third kappa shape index (κ3) is 4.66. The number of carbonyl (C=O) groups excluding carboxylic acids is 2. The Balaban J connectivity index is 1.32. The molecule has 2 aromatic carbocycles. The first-order chi connectivity index (χ1) is 16.6. The van der Waals surface area contributed by atoms with E-state index in [1.54, 1.807) is 12.3 Å². The largest absolute Gasteiger partial charge is 0.350 e. The second-order valence-corrected chi connectivity index (χ2v) is 8.73. The molecular formula is C28H26N4O2. The van der Waals surface area contributed by atoms with E-state index in [0.717, 1.165) is 35.7 Å². The highest BCUT2D eigenvalue weighted by Crippen LogP contribution is 2.38. The van der Waals surface area contributed by atoms with Crippen molar-refractivity contribution in [2.45, 2.75) is 32.1 Å². The Kier molecular flexibility index (Phi) is 6.04. The molecule has 0 bridgehead atoms. The summed E-state index contributed by atoms with van der Waals surface area (Å²) in [6.45, 7) is 2.06. The molecule has 170 valence electrons. The Morgan fingerprint density at radius 3 is 2.56 bits per heavy atom. The van der Waals surface area contributed by atoms with Crippen LogP contribution in [0.25, 0.3) is 10.9 Å². The molecule has 1 atom stereocenters. The molecule has 1 aliphatic carbocycles. The molecular weight excluding hydrogens is 424 g/mol. The SMILES string of the molecule is CC(=O)Nc1ncccc1C1Cc2cc3ccc(C(=O)NCCc4ccccc4)nc3cc2C1. The van der Waals surface area contributed by atoms with E-state index < -0.39 is 0 Å². The van der Waals surface area contributed by atoms with Crippen molar-refractivity contribution in [3.63, 3.8) is 0 Å². The summed E-state index contributed by atoms with van der Waals surface area (Å²) in [5.74, 6) is 0.583. The van der Waals surface area contributed by atoms with Gasteiger partial charge in [0.2, 0.25) is 5.91 Å². The van der Waals surface area contributed by atoms with Gasteiger partial charge in [-0.05, 0) is 71.7 Å². The molecule has 2 heterocycles. The lowest BCUT2D eigenvalue weighted by Crippen LogP contribution is -2.26. The Morgan fingerprint density at radius 1 is 0.971 bits per heavy atom. The van der Waals surface area contributed by atoms with Gasteiger partial charge in [0.25, 0.3) is 5.91 Å². The number of carbonyl (C=O) groups is 2. The van der Waals surface area contributed by atoms with Gasteiger partial charge in [-0.3, -0.25) is 9.59 Å². The molecule has 4 aromatic rings. The summed E-state index contributed by atoms with van der Waals surface area (Å²) in [5.41, 5.74) is 5.99. The van der Waals surface area contributed by atoms with Gasteiger partial charge < -0.3 is 10.6 Å². The van der Waals surface area contributed by atoms with E-state index in [4.69, 9.17) is 0 Å². The zero-order valence-corrected chi connectivity index (χ0v) is 19.0.